The molecule has 1 fully saturated rings. The lowest BCUT2D eigenvalue weighted by Crippen LogP contribution is -2.39. The molecule has 5 heteroatoms. The highest BCUT2D eigenvalue weighted by Gasteiger charge is 2.35. The van der Waals surface area contributed by atoms with E-state index in [1.54, 1.807) is 0 Å². The summed E-state index contributed by atoms with van der Waals surface area (Å²) in [7, 11) is 0. The summed E-state index contributed by atoms with van der Waals surface area (Å²) in [4.78, 5) is 23.3. The van der Waals surface area contributed by atoms with Crippen LogP contribution in [0.3, 0.4) is 0 Å². The number of carbonyl (C=O) groups is 2. The van der Waals surface area contributed by atoms with Crippen LogP contribution in [0.1, 0.15) is 53.4 Å². The third-order valence-electron chi connectivity index (χ3n) is 4.36. The summed E-state index contributed by atoms with van der Waals surface area (Å²) in [5, 5.41) is 18.9. The molecule has 1 rings (SSSR count). The van der Waals surface area contributed by atoms with Crippen LogP contribution in [0.25, 0.3) is 0 Å². The molecule has 5 nitrogen and oxygen atoms in total. The van der Waals surface area contributed by atoms with Crippen molar-refractivity contribution in [3.63, 3.8) is 0 Å². The average molecular weight is 300 g/mol. The molecular weight excluding hydrogens is 272 g/mol. The fourth-order valence-corrected chi connectivity index (χ4v) is 2.92. The highest BCUT2D eigenvalue weighted by Crippen LogP contribution is 2.35. The Morgan fingerprint density at radius 2 is 1.81 bits per heavy atom. The first kappa shape index (κ1) is 18.1. The molecule has 0 aromatic carbocycles. The Kier molecular flexibility index (Phi) is 6.81. The fourth-order valence-electron chi connectivity index (χ4n) is 2.92. The van der Waals surface area contributed by atoms with Gasteiger partial charge in [0.1, 0.15) is 12.2 Å². The Labute approximate surface area is 126 Å². The molecule has 0 saturated heterocycles. The highest BCUT2D eigenvalue weighted by molar-refractivity contribution is 5.88. The predicted molar refractivity (Wildman–Crippen MR) is 78.5 cm³/mol. The zero-order valence-electron chi connectivity index (χ0n) is 13.4. The van der Waals surface area contributed by atoms with Gasteiger partial charge in [-0.2, -0.15) is 0 Å². The van der Waals surface area contributed by atoms with Crippen LogP contribution in [-0.4, -0.2) is 40.3 Å². The second kappa shape index (κ2) is 7.90. The van der Waals surface area contributed by atoms with Gasteiger partial charge in [0.2, 0.25) is 0 Å². The van der Waals surface area contributed by atoms with Gasteiger partial charge in [0.25, 0.3) is 0 Å². The number of aliphatic hydroxyl groups is 2. The normalized spacial score (nSPS) is 29.0. The van der Waals surface area contributed by atoms with Crippen molar-refractivity contribution in [2.75, 3.05) is 0 Å². The summed E-state index contributed by atoms with van der Waals surface area (Å²) in [6.07, 6.45) is -0.323. The van der Waals surface area contributed by atoms with Gasteiger partial charge in [-0.15, -0.1) is 0 Å². The SMILES string of the molecule is CC1CCC(C(C)C)C(OC(=O)C(O)CC(=O)C(C)O)C1. The minimum absolute atomic E-state index is 0.197. The van der Waals surface area contributed by atoms with E-state index in [1.165, 1.54) is 6.92 Å². The maximum Gasteiger partial charge on any atom is 0.335 e. The molecule has 0 bridgehead atoms. The van der Waals surface area contributed by atoms with Crippen molar-refractivity contribution in [3.8, 4) is 0 Å². The molecule has 21 heavy (non-hydrogen) atoms. The Morgan fingerprint density at radius 3 is 2.33 bits per heavy atom. The Morgan fingerprint density at radius 1 is 1.19 bits per heavy atom. The van der Waals surface area contributed by atoms with Crippen LogP contribution in [-0.2, 0) is 14.3 Å². The number of aliphatic hydroxyl groups excluding tert-OH is 2. The number of esters is 1. The molecule has 0 radical (unpaired) electrons. The van der Waals surface area contributed by atoms with Gasteiger partial charge in [-0.1, -0.05) is 27.2 Å². The third kappa shape index (κ3) is 5.40. The third-order valence-corrected chi connectivity index (χ3v) is 4.36. The number of rotatable bonds is 6. The molecule has 1 aliphatic carbocycles. The van der Waals surface area contributed by atoms with E-state index in [0.717, 1.165) is 19.3 Å². The van der Waals surface area contributed by atoms with Crippen LogP contribution < -0.4 is 0 Å². The summed E-state index contributed by atoms with van der Waals surface area (Å²) >= 11 is 0. The summed E-state index contributed by atoms with van der Waals surface area (Å²) in [5.74, 6) is -0.115. The Balaban J connectivity index is 2.59. The van der Waals surface area contributed by atoms with Crippen LogP contribution in [0.5, 0.6) is 0 Å². The molecule has 0 heterocycles. The highest BCUT2D eigenvalue weighted by atomic mass is 16.6. The second-order valence-electron chi connectivity index (χ2n) is 6.66. The van der Waals surface area contributed by atoms with E-state index in [1.807, 2.05) is 0 Å². The van der Waals surface area contributed by atoms with Crippen LogP contribution in [0, 0.1) is 17.8 Å². The lowest BCUT2D eigenvalue weighted by Gasteiger charge is -2.37. The summed E-state index contributed by atoms with van der Waals surface area (Å²) in [6.45, 7) is 7.66. The molecule has 1 saturated carbocycles. The van der Waals surface area contributed by atoms with Gasteiger partial charge >= 0.3 is 5.97 Å². The maximum absolute atomic E-state index is 11.9. The number of ether oxygens (including phenoxy) is 1. The topological polar surface area (TPSA) is 83.8 Å². The first-order valence-electron chi connectivity index (χ1n) is 7.81. The Bertz CT molecular complexity index is 364. The van der Waals surface area contributed by atoms with Crippen molar-refractivity contribution < 1.29 is 24.5 Å². The van der Waals surface area contributed by atoms with E-state index in [4.69, 9.17) is 9.84 Å². The van der Waals surface area contributed by atoms with Gasteiger partial charge in [0.05, 0.1) is 0 Å². The Hall–Kier alpha value is -0.940. The zero-order valence-corrected chi connectivity index (χ0v) is 13.4. The smallest absolute Gasteiger partial charge is 0.335 e. The minimum Gasteiger partial charge on any atom is -0.460 e. The van der Waals surface area contributed by atoms with Gasteiger partial charge in [0, 0.05) is 6.42 Å². The standard InChI is InChI=1S/C16H28O5/c1-9(2)12-6-5-10(3)7-15(12)21-16(20)14(19)8-13(18)11(4)17/h9-12,14-15,17,19H,5-8H2,1-4H3. The van der Waals surface area contributed by atoms with E-state index in [9.17, 15) is 14.7 Å². The summed E-state index contributed by atoms with van der Waals surface area (Å²) in [6, 6.07) is 0. The number of carbonyl (C=O) groups excluding carboxylic acids is 2. The minimum atomic E-state index is -1.49. The van der Waals surface area contributed by atoms with E-state index >= 15 is 0 Å². The van der Waals surface area contributed by atoms with Gasteiger partial charge in [-0.25, -0.2) is 4.79 Å². The van der Waals surface area contributed by atoms with E-state index in [0.29, 0.717) is 17.8 Å². The number of ketones is 1. The summed E-state index contributed by atoms with van der Waals surface area (Å²) in [5.41, 5.74) is 0. The molecular formula is C16H28O5. The number of hydrogen-bond donors (Lipinski definition) is 2. The monoisotopic (exact) mass is 300 g/mol. The van der Waals surface area contributed by atoms with Crippen molar-refractivity contribution >= 4 is 11.8 Å². The lowest BCUT2D eigenvalue weighted by molar-refractivity contribution is -0.167. The van der Waals surface area contributed by atoms with Crippen molar-refractivity contribution in [2.24, 2.45) is 17.8 Å². The number of Topliss-reactive ketones (excluding diaryl/α,β-unsaturated/α-hetero) is 1. The maximum atomic E-state index is 11.9. The van der Waals surface area contributed by atoms with Crippen molar-refractivity contribution in [3.05, 3.63) is 0 Å². The van der Waals surface area contributed by atoms with E-state index in [-0.39, 0.29) is 6.10 Å². The van der Waals surface area contributed by atoms with Gasteiger partial charge < -0.3 is 14.9 Å². The first-order chi connectivity index (χ1) is 9.72. The van der Waals surface area contributed by atoms with Crippen molar-refractivity contribution in [1.29, 1.82) is 0 Å². The molecule has 0 aliphatic heterocycles. The number of hydrogen-bond acceptors (Lipinski definition) is 5. The predicted octanol–water partition coefficient (Wildman–Crippen LogP) is 1.69. The largest absolute Gasteiger partial charge is 0.460 e. The van der Waals surface area contributed by atoms with Crippen LogP contribution >= 0.6 is 0 Å². The first-order valence-corrected chi connectivity index (χ1v) is 7.81. The van der Waals surface area contributed by atoms with Crippen LogP contribution in [0.15, 0.2) is 0 Å². The van der Waals surface area contributed by atoms with Crippen molar-refractivity contribution in [1.82, 2.24) is 0 Å². The van der Waals surface area contributed by atoms with E-state index in [2.05, 4.69) is 20.8 Å². The van der Waals surface area contributed by atoms with Gasteiger partial charge in [-0.3, -0.25) is 4.79 Å². The fraction of sp³-hybridized carbons (Fsp3) is 0.875. The van der Waals surface area contributed by atoms with Gasteiger partial charge in [0.15, 0.2) is 11.9 Å². The van der Waals surface area contributed by atoms with E-state index < -0.39 is 30.4 Å². The molecule has 0 spiro atoms. The molecule has 0 aromatic rings. The average Bonchev–Trinajstić information content (AvgIpc) is 2.37. The molecule has 5 atom stereocenters. The van der Waals surface area contributed by atoms with Crippen molar-refractivity contribution in [2.45, 2.75) is 71.7 Å². The zero-order chi connectivity index (χ0) is 16.2. The van der Waals surface area contributed by atoms with Gasteiger partial charge in [-0.05, 0) is 37.5 Å². The molecule has 0 amide bonds. The molecule has 1 aliphatic rings. The quantitative estimate of drug-likeness (QED) is 0.729. The second-order valence-corrected chi connectivity index (χ2v) is 6.66. The molecule has 122 valence electrons. The van der Waals surface area contributed by atoms with Crippen LogP contribution in [0.2, 0.25) is 0 Å². The molecule has 2 N–H and O–H groups in total. The molecule has 5 unspecified atom stereocenters. The lowest BCUT2D eigenvalue weighted by atomic mass is 9.75. The van der Waals surface area contributed by atoms with Crippen LogP contribution in [0.4, 0.5) is 0 Å². The molecule has 0 aromatic heterocycles. The summed E-state index contributed by atoms with van der Waals surface area (Å²) < 4.78 is 5.46.